The molecule has 0 aromatic carbocycles. The quantitative estimate of drug-likeness (QED) is 0.636. The number of hydrogen-bond donors (Lipinski definition) is 1. The van der Waals surface area contributed by atoms with Crippen molar-refractivity contribution in [1.82, 2.24) is 0 Å². The predicted molar refractivity (Wildman–Crippen MR) is 34.0 cm³/mol. The number of carbonyl (C=O) groups is 1. The molecule has 6 heteroatoms. The first kappa shape index (κ1) is 11.2. The Hall–Kier alpha value is -0.780. The molecule has 0 aliphatic carbocycles. The van der Waals surface area contributed by atoms with Gasteiger partial charge in [-0.3, -0.25) is 4.79 Å². The summed E-state index contributed by atoms with van der Waals surface area (Å²) < 4.78 is 39.7. The maximum atomic E-state index is 11.8. The molecule has 0 saturated carbocycles. The highest BCUT2D eigenvalue weighted by Gasteiger charge is 2.41. The van der Waals surface area contributed by atoms with Crippen molar-refractivity contribution >= 4 is 5.97 Å². The van der Waals surface area contributed by atoms with Crippen molar-refractivity contribution in [3.05, 3.63) is 0 Å². The van der Waals surface area contributed by atoms with Crippen LogP contribution in [0.4, 0.5) is 13.2 Å². The first-order valence-electron chi connectivity index (χ1n) is 3.43. The molecular formula is C6H11F3NO2+. The van der Waals surface area contributed by atoms with Gasteiger partial charge in [-0.25, -0.2) is 0 Å². The summed E-state index contributed by atoms with van der Waals surface area (Å²) in [6.07, 6.45) is -5.13. The second-order valence-corrected chi connectivity index (χ2v) is 2.25. The third-order valence-electron chi connectivity index (χ3n) is 1.18. The van der Waals surface area contributed by atoms with Gasteiger partial charge in [0.15, 0.2) is 6.04 Å². The van der Waals surface area contributed by atoms with E-state index in [1.165, 1.54) is 6.92 Å². The van der Waals surface area contributed by atoms with Crippen molar-refractivity contribution < 1.29 is 28.4 Å². The zero-order chi connectivity index (χ0) is 9.78. The van der Waals surface area contributed by atoms with E-state index in [2.05, 4.69) is 10.5 Å². The number of rotatable bonds is 3. The molecule has 1 atom stereocenters. The van der Waals surface area contributed by atoms with Crippen molar-refractivity contribution in [1.29, 1.82) is 0 Å². The molecule has 3 N–H and O–H groups in total. The van der Waals surface area contributed by atoms with E-state index >= 15 is 0 Å². The summed E-state index contributed by atoms with van der Waals surface area (Å²) in [6.45, 7) is 1.62. The first-order valence-corrected chi connectivity index (χ1v) is 3.43. The van der Waals surface area contributed by atoms with Crippen LogP contribution in [0.15, 0.2) is 0 Å². The number of alkyl halides is 3. The molecule has 0 aromatic heterocycles. The van der Waals surface area contributed by atoms with Crippen LogP contribution in [-0.4, -0.2) is 24.8 Å². The molecule has 0 amide bonds. The molecule has 0 bridgehead atoms. The lowest BCUT2D eigenvalue weighted by Crippen LogP contribution is -2.68. The molecule has 0 aromatic rings. The third-order valence-corrected chi connectivity index (χ3v) is 1.18. The lowest BCUT2D eigenvalue weighted by molar-refractivity contribution is -0.479. The Kier molecular flexibility index (Phi) is 4.02. The molecule has 0 spiro atoms. The second kappa shape index (κ2) is 4.30. The van der Waals surface area contributed by atoms with E-state index in [-0.39, 0.29) is 6.61 Å². The van der Waals surface area contributed by atoms with E-state index in [4.69, 9.17) is 0 Å². The predicted octanol–water partition coefficient (Wildman–Crippen LogP) is 0.112. The van der Waals surface area contributed by atoms with Gasteiger partial charge in [0.2, 0.25) is 0 Å². The van der Waals surface area contributed by atoms with Crippen LogP contribution in [-0.2, 0) is 9.53 Å². The van der Waals surface area contributed by atoms with Crippen LogP contribution in [0.2, 0.25) is 0 Å². The van der Waals surface area contributed by atoms with Gasteiger partial charge in [-0.2, -0.15) is 13.2 Å². The average molecular weight is 186 g/mol. The summed E-state index contributed by atoms with van der Waals surface area (Å²) in [5.74, 6) is -0.866. The molecule has 12 heavy (non-hydrogen) atoms. The van der Waals surface area contributed by atoms with Gasteiger partial charge in [0.25, 0.3) is 0 Å². The zero-order valence-corrected chi connectivity index (χ0v) is 6.65. The zero-order valence-electron chi connectivity index (χ0n) is 6.65. The standard InChI is InChI=1S/C6H10F3NO2/c1-2-12-5(11)3-4(10)6(7,8)9/h4H,2-3,10H2,1H3/p+1/t4-/m1/s1. The fraction of sp³-hybridized carbons (Fsp3) is 0.833. The number of hydrogen-bond acceptors (Lipinski definition) is 2. The van der Waals surface area contributed by atoms with Crippen molar-refractivity contribution in [2.75, 3.05) is 6.61 Å². The molecule has 0 radical (unpaired) electrons. The van der Waals surface area contributed by atoms with Crippen LogP contribution in [0.3, 0.4) is 0 Å². The SMILES string of the molecule is CCOC(=O)C[C@@H]([NH3+])C(F)(F)F. The summed E-state index contributed by atoms with van der Waals surface area (Å²) in [7, 11) is 0. The maximum Gasteiger partial charge on any atom is 0.441 e. The molecular weight excluding hydrogens is 175 g/mol. The van der Waals surface area contributed by atoms with E-state index in [1.807, 2.05) is 0 Å². The van der Waals surface area contributed by atoms with E-state index in [0.29, 0.717) is 0 Å². The maximum absolute atomic E-state index is 11.8. The second-order valence-electron chi connectivity index (χ2n) is 2.25. The molecule has 0 aliphatic rings. The van der Waals surface area contributed by atoms with Gasteiger partial charge in [-0.05, 0) is 6.92 Å². The molecule has 0 aliphatic heterocycles. The van der Waals surface area contributed by atoms with Gasteiger partial charge in [-0.15, -0.1) is 0 Å². The highest BCUT2D eigenvalue weighted by molar-refractivity contribution is 5.69. The number of esters is 1. The summed E-state index contributed by atoms with van der Waals surface area (Å²) >= 11 is 0. The summed E-state index contributed by atoms with van der Waals surface area (Å²) in [5, 5.41) is 0. The minimum Gasteiger partial charge on any atom is -0.466 e. The van der Waals surface area contributed by atoms with Crippen LogP contribution < -0.4 is 5.73 Å². The van der Waals surface area contributed by atoms with Gasteiger partial charge in [0, 0.05) is 0 Å². The summed E-state index contributed by atoms with van der Waals surface area (Å²) in [6, 6.07) is -1.88. The van der Waals surface area contributed by atoms with Crippen LogP contribution in [0.5, 0.6) is 0 Å². The Morgan fingerprint density at radius 3 is 2.42 bits per heavy atom. The van der Waals surface area contributed by atoms with Gasteiger partial charge >= 0.3 is 12.1 Å². The van der Waals surface area contributed by atoms with E-state index in [1.54, 1.807) is 0 Å². The third kappa shape index (κ3) is 4.17. The van der Waals surface area contributed by atoms with Crippen molar-refractivity contribution in [3.8, 4) is 0 Å². The molecule has 0 saturated heterocycles. The normalized spacial score (nSPS) is 14.1. The number of halogens is 3. The number of carbonyl (C=O) groups excluding carboxylic acids is 1. The Morgan fingerprint density at radius 1 is 1.58 bits per heavy atom. The highest BCUT2D eigenvalue weighted by atomic mass is 19.4. The van der Waals surface area contributed by atoms with E-state index in [0.717, 1.165) is 0 Å². The molecule has 0 rings (SSSR count). The van der Waals surface area contributed by atoms with Crippen LogP contribution in [0.25, 0.3) is 0 Å². The highest BCUT2D eigenvalue weighted by Crippen LogP contribution is 2.19. The number of quaternary nitrogens is 1. The Bertz CT molecular complexity index is 157. The van der Waals surface area contributed by atoms with Crippen molar-refractivity contribution in [2.45, 2.75) is 25.6 Å². The van der Waals surface area contributed by atoms with E-state index < -0.39 is 24.6 Å². The van der Waals surface area contributed by atoms with Gasteiger partial charge in [0.05, 0.1) is 6.61 Å². The largest absolute Gasteiger partial charge is 0.466 e. The van der Waals surface area contributed by atoms with Crippen LogP contribution in [0.1, 0.15) is 13.3 Å². The van der Waals surface area contributed by atoms with Crippen LogP contribution >= 0.6 is 0 Å². The molecule has 0 heterocycles. The Labute approximate surface area is 67.7 Å². The first-order chi connectivity index (χ1) is 5.38. The fourth-order valence-corrected chi connectivity index (χ4v) is 0.537. The lowest BCUT2D eigenvalue weighted by Gasteiger charge is -2.10. The van der Waals surface area contributed by atoms with Crippen molar-refractivity contribution in [3.63, 3.8) is 0 Å². The molecule has 0 fully saturated rings. The van der Waals surface area contributed by atoms with Gasteiger partial charge < -0.3 is 10.5 Å². The van der Waals surface area contributed by atoms with Gasteiger partial charge in [-0.1, -0.05) is 0 Å². The smallest absolute Gasteiger partial charge is 0.441 e. The summed E-state index contributed by atoms with van der Waals surface area (Å²) in [5.41, 5.74) is 2.81. The number of ether oxygens (including phenoxy) is 1. The Balaban J connectivity index is 3.84. The topological polar surface area (TPSA) is 53.9 Å². The monoisotopic (exact) mass is 186 g/mol. The molecule has 72 valence electrons. The Morgan fingerprint density at radius 2 is 2.08 bits per heavy atom. The molecule has 0 unspecified atom stereocenters. The van der Waals surface area contributed by atoms with Crippen molar-refractivity contribution in [2.24, 2.45) is 0 Å². The minimum atomic E-state index is -4.42. The average Bonchev–Trinajstić information content (AvgIpc) is 1.85. The lowest BCUT2D eigenvalue weighted by atomic mass is 10.2. The minimum absolute atomic E-state index is 0.0867. The van der Waals surface area contributed by atoms with Crippen LogP contribution in [0, 0.1) is 0 Å². The summed E-state index contributed by atoms with van der Waals surface area (Å²) in [4.78, 5) is 10.5. The fourth-order valence-electron chi connectivity index (χ4n) is 0.537. The van der Waals surface area contributed by atoms with E-state index in [9.17, 15) is 18.0 Å². The van der Waals surface area contributed by atoms with Gasteiger partial charge in [0.1, 0.15) is 6.42 Å². The molecule has 3 nitrogen and oxygen atoms in total.